The molecule has 1 fully saturated rings. The number of amides is 1. The average Bonchev–Trinajstić information content (AvgIpc) is 2.96. The van der Waals surface area contributed by atoms with Crippen LogP contribution in [0.4, 0.5) is 5.69 Å². The van der Waals surface area contributed by atoms with Gasteiger partial charge in [-0.15, -0.1) is 11.8 Å². The lowest BCUT2D eigenvalue weighted by Gasteiger charge is -2.30. The molecular weight excluding hydrogens is 388 g/mol. The third-order valence-electron chi connectivity index (χ3n) is 4.54. The fourth-order valence-electron chi connectivity index (χ4n) is 3.14. The molecule has 0 spiro atoms. The first kappa shape index (κ1) is 21.7. The van der Waals surface area contributed by atoms with E-state index in [-0.39, 0.29) is 46.1 Å². The molecule has 1 amide bonds. The van der Waals surface area contributed by atoms with Crippen LogP contribution in [0.5, 0.6) is 0 Å². The van der Waals surface area contributed by atoms with E-state index in [1.54, 1.807) is 11.0 Å². The van der Waals surface area contributed by atoms with E-state index in [4.69, 9.17) is 0 Å². The summed E-state index contributed by atoms with van der Waals surface area (Å²) < 4.78 is 23.6. The van der Waals surface area contributed by atoms with E-state index in [0.29, 0.717) is 13.0 Å². The molecule has 1 aliphatic heterocycles. The van der Waals surface area contributed by atoms with Crippen molar-refractivity contribution in [2.45, 2.75) is 38.5 Å². The highest BCUT2D eigenvalue weighted by Crippen LogP contribution is 2.31. The Kier molecular flexibility index (Phi) is 7.27. The van der Waals surface area contributed by atoms with Gasteiger partial charge in [-0.25, -0.2) is 8.42 Å². The van der Waals surface area contributed by atoms with E-state index in [2.05, 4.69) is 0 Å². The zero-order valence-corrected chi connectivity index (χ0v) is 17.5. The number of carbonyl (C=O) groups is 1. The number of nitro groups is 1. The van der Waals surface area contributed by atoms with Crippen molar-refractivity contribution in [2.24, 2.45) is 5.92 Å². The van der Waals surface area contributed by atoms with Gasteiger partial charge in [0.05, 0.1) is 22.2 Å². The molecule has 1 heterocycles. The summed E-state index contributed by atoms with van der Waals surface area (Å²) in [6.45, 7) is 6.44. The fourth-order valence-corrected chi connectivity index (χ4v) is 5.76. The number of thioether (sulfide) groups is 1. The number of rotatable bonds is 8. The maximum Gasteiger partial charge on any atom is 0.269 e. The second-order valence-corrected chi connectivity index (χ2v) is 10.9. The third-order valence-corrected chi connectivity index (χ3v) is 7.47. The Balaban J connectivity index is 2.02. The molecule has 27 heavy (non-hydrogen) atoms. The zero-order valence-electron chi connectivity index (χ0n) is 15.8. The van der Waals surface area contributed by atoms with Crippen molar-refractivity contribution in [3.8, 4) is 0 Å². The van der Waals surface area contributed by atoms with Gasteiger partial charge in [0.25, 0.3) is 5.69 Å². The summed E-state index contributed by atoms with van der Waals surface area (Å²) in [5.41, 5.74) is 0.824. The van der Waals surface area contributed by atoms with Gasteiger partial charge in [-0.1, -0.05) is 26.0 Å². The van der Waals surface area contributed by atoms with Gasteiger partial charge >= 0.3 is 0 Å². The number of non-ortho nitro benzene ring substituents is 1. The molecule has 9 heteroatoms. The normalized spacial score (nSPS) is 19.8. The number of hydrogen-bond donors (Lipinski definition) is 0. The SMILES string of the molecule is CC(C)CN(C(=O)CS[C@H](C)c1cccc([N+](=O)[O-])c1)[C@@H]1CCS(=O)(=O)C1. The van der Waals surface area contributed by atoms with E-state index in [0.717, 1.165) is 5.56 Å². The first-order chi connectivity index (χ1) is 12.6. The Morgan fingerprint density at radius 1 is 1.37 bits per heavy atom. The van der Waals surface area contributed by atoms with Crippen LogP contribution in [0.3, 0.4) is 0 Å². The lowest BCUT2D eigenvalue weighted by atomic mass is 10.1. The first-order valence-corrected chi connectivity index (χ1v) is 11.8. The summed E-state index contributed by atoms with van der Waals surface area (Å²) in [5, 5.41) is 10.8. The van der Waals surface area contributed by atoms with Crippen LogP contribution in [0.25, 0.3) is 0 Å². The molecule has 0 N–H and O–H groups in total. The van der Waals surface area contributed by atoms with Crippen molar-refractivity contribution in [1.29, 1.82) is 0 Å². The van der Waals surface area contributed by atoms with Gasteiger partial charge in [0.1, 0.15) is 0 Å². The van der Waals surface area contributed by atoms with Crippen molar-refractivity contribution in [1.82, 2.24) is 4.90 Å². The first-order valence-electron chi connectivity index (χ1n) is 8.95. The third kappa shape index (κ3) is 6.21. The molecule has 0 unspecified atom stereocenters. The summed E-state index contributed by atoms with van der Waals surface area (Å²) >= 11 is 1.41. The minimum absolute atomic E-state index is 0.0314. The summed E-state index contributed by atoms with van der Waals surface area (Å²) in [6, 6.07) is 6.17. The molecule has 1 aromatic rings. The Morgan fingerprint density at radius 2 is 2.07 bits per heavy atom. The number of sulfone groups is 1. The maximum atomic E-state index is 12.8. The predicted molar refractivity (Wildman–Crippen MR) is 108 cm³/mol. The van der Waals surface area contributed by atoms with Gasteiger partial charge in [0, 0.05) is 30.0 Å². The highest BCUT2D eigenvalue weighted by molar-refractivity contribution is 8.00. The van der Waals surface area contributed by atoms with E-state index < -0.39 is 14.8 Å². The highest BCUT2D eigenvalue weighted by Gasteiger charge is 2.34. The molecule has 0 radical (unpaired) electrons. The standard InChI is InChI=1S/C18H26N2O5S2/c1-13(2)10-19(17-7-8-27(24,25)12-17)18(21)11-26-14(3)15-5-4-6-16(9-15)20(22)23/h4-6,9,13-14,17H,7-8,10-12H2,1-3H3/t14-,17-/m1/s1. The lowest BCUT2D eigenvalue weighted by molar-refractivity contribution is -0.384. The topological polar surface area (TPSA) is 97.6 Å². The Hall–Kier alpha value is -1.61. The van der Waals surface area contributed by atoms with Crippen LogP contribution in [0, 0.1) is 16.0 Å². The molecular formula is C18H26N2O5S2. The predicted octanol–water partition coefficient (Wildman–Crippen LogP) is 3.06. The van der Waals surface area contributed by atoms with Crippen LogP contribution in [0.2, 0.25) is 0 Å². The second-order valence-electron chi connectivity index (χ2n) is 7.30. The van der Waals surface area contributed by atoms with E-state index >= 15 is 0 Å². The minimum Gasteiger partial charge on any atom is -0.338 e. The molecule has 0 aromatic heterocycles. The van der Waals surface area contributed by atoms with Crippen LogP contribution in [0.1, 0.15) is 38.0 Å². The number of nitrogens with zero attached hydrogens (tertiary/aromatic N) is 2. The van der Waals surface area contributed by atoms with Gasteiger partial charge in [-0.2, -0.15) is 0 Å². The summed E-state index contributed by atoms with van der Waals surface area (Å²) in [5.74, 6) is 0.560. The molecule has 1 aromatic carbocycles. The smallest absolute Gasteiger partial charge is 0.269 e. The molecule has 0 bridgehead atoms. The van der Waals surface area contributed by atoms with Crippen molar-refractivity contribution in [3.05, 3.63) is 39.9 Å². The Labute approximate surface area is 164 Å². The van der Waals surface area contributed by atoms with Crippen LogP contribution in [-0.4, -0.2) is 54.0 Å². The van der Waals surface area contributed by atoms with Crippen LogP contribution >= 0.6 is 11.8 Å². The average molecular weight is 415 g/mol. The van der Waals surface area contributed by atoms with Gasteiger partial charge in [0.2, 0.25) is 5.91 Å². The molecule has 2 rings (SSSR count). The molecule has 150 valence electrons. The zero-order chi connectivity index (χ0) is 20.2. The number of hydrogen-bond acceptors (Lipinski definition) is 6. The minimum atomic E-state index is -3.06. The monoisotopic (exact) mass is 414 g/mol. The van der Waals surface area contributed by atoms with Gasteiger partial charge in [0.15, 0.2) is 9.84 Å². The quantitative estimate of drug-likeness (QED) is 0.479. The molecule has 1 aliphatic rings. The summed E-state index contributed by atoms with van der Waals surface area (Å²) in [4.78, 5) is 25.0. The number of nitro benzene ring substituents is 1. The lowest BCUT2D eigenvalue weighted by Crippen LogP contribution is -2.44. The summed E-state index contributed by atoms with van der Waals surface area (Å²) in [6.07, 6.45) is 0.492. The van der Waals surface area contributed by atoms with Crippen LogP contribution < -0.4 is 0 Å². The Bertz CT molecular complexity index is 795. The van der Waals surface area contributed by atoms with Gasteiger partial charge in [-0.05, 0) is 24.8 Å². The van der Waals surface area contributed by atoms with E-state index in [9.17, 15) is 23.3 Å². The molecule has 0 aliphatic carbocycles. The maximum absolute atomic E-state index is 12.8. The van der Waals surface area contributed by atoms with Crippen molar-refractivity contribution < 1.29 is 18.1 Å². The van der Waals surface area contributed by atoms with Crippen LogP contribution in [0.15, 0.2) is 24.3 Å². The fraction of sp³-hybridized carbons (Fsp3) is 0.611. The second kappa shape index (κ2) is 9.05. The van der Waals surface area contributed by atoms with Crippen molar-refractivity contribution >= 4 is 33.2 Å². The van der Waals surface area contributed by atoms with Gasteiger partial charge in [-0.3, -0.25) is 14.9 Å². The largest absolute Gasteiger partial charge is 0.338 e. The summed E-state index contributed by atoms with van der Waals surface area (Å²) in [7, 11) is -3.06. The van der Waals surface area contributed by atoms with Crippen molar-refractivity contribution in [2.75, 3.05) is 23.8 Å². The molecule has 0 saturated carbocycles. The van der Waals surface area contributed by atoms with E-state index in [1.165, 1.54) is 23.9 Å². The Morgan fingerprint density at radius 3 is 2.63 bits per heavy atom. The number of carbonyl (C=O) groups excluding carboxylic acids is 1. The molecule has 7 nitrogen and oxygen atoms in total. The number of benzene rings is 1. The highest BCUT2D eigenvalue weighted by atomic mass is 32.2. The molecule has 2 atom stereocenters. The van der Waals surface area contributed by atoms with Gasteiger partial charge < -0.3 is 4.90 Å². The molecule has 1 saturated heterocycles. The van der Waals surface area contributed by atoms with Crippen molar-refractivity contribution in [3.63, 3.8) is 0 Å². The van der Waals surface area contributed by atoms with E-state index in [1.807, 2.05) is 26.8 Å². The van der Waals surface area contributed by atoms with Crippen LogP contribution in [-0.2, 0) is 14.6 Å².